The Morgan fingerprint density at radius 2 is 1.65 bits per heavy atom. The molecule has 1 aliphatic carbocycles. The highest BCUT2D eigenvalue weighted by Crippen LogP contribution is 2.44. The Labute approximate surface area is 200 Å². The van der Waals surface area contributed by atoms with Crippen LogP contribution < -0.4 is 10.6 Å². The zero-order valence-corrected chi connectivity index (χ0v) is 19.6. The minimum Gasteiger partial charge on any atom is -0.480 e. The number of ether oxygens (including phenoxy) is 1. The van der Waals surface area contributed by atoms with E-state index in [1.807, 2.05) is 50.2 Å². The Balaban J connectivity index is 1.67. The first-order valence-corrected chi connectivity index (χ1v) is 11.6. The number of fused-ring (bicyclic) bond motifs is 3. The van der Waals surface area contributed by atoms with Gasteiger partial charge in [-0.25, -0.2) is 9.59 Å². The van der Waals surface area contributed by atoms with Crippen LogP contribution in [0.4, 0.5) is 4.79 Å². The molecule has 0 radical (unpaired) electrons. The maximum Gasteiger partial charge on any atom is 0.407 e. The number of hydrogen-bond acceptors (Lipinski definition) is 4. The minimum atomic E-state index is -1.13. The lowest BCUT2D eigenvalue weighted by atomic mass is 9.97. The molecule has 2 aromatic rings. The van der Waals surface area contributed by atoms with Gasteiger partial charge in [0.05, 0.1) is 0 Å². The van der Waals surface area contributed by atoms with E-state index in [0.717, 1.165) is 22.3 Å². The van der Waals surface area contributed by atoms with Crippen molar-refractivity contribution in [2.75, 3.05) is 6.61 Å². The van der Waals surface area contributed by atoms with Gasteiger partial charge in [-0.05, 0) is 41.0 Å². The summed E-state index contributed by atoms with van der Waals surface area (Å²) in [5.41, 5.74) is 4.45. The van der Waals surface area contributed by atoms with Crippen LogP contribution in [0.15, 0.2) is 61.2 Å². The summed E-state index contributed by atoms with van der Waals surface area (Å²) in [6, 6.07) is 14.1. The van der Waals surface area contributed by atoms with E-state index in [0.29, 0.717) is 12.8 Å². The number of aliphatic carboxylic acids is 1. The van der Waals surface area contributed by atoms with Crippen molar-refractivity contribution in [1.29, 1.82) is 0 Å². The molecular formula is C27H32N2O5. The number of alkyl carbamates (subject to hydrolysis) is 1. The second-order valence-electron chi connectivity index (χ2n) is 8.60. The molecule has 0 spiro atoms. The lowest BCUT2D eigenvalue weighted by Gasteiger charge is -2.25. The number of rotatable bonds is 11. The molecule has 3 N–H and O–H groups in total. The molecule has 0 bridgehead atoms. The fraction of sp³-hybridized carbons (Fsp3) is 0.370. The number of benzene rings is 2. The van der Waals surface area contributed by atoms with Gasteiger partial charge in [0.15, 0.2) is 0 Å². The SMILES string of the molecule is C=CCCC(NC(=O)[C@@H](NC(=O)OCC1c2ccccc2-c2ccccc21)C(C)CC)C(=O)O. The number of nitrogens with one attached hydrogen (secondary N) is 2. The Kier molecular flexibility index (Phi) is 8.46. The predicted octanol–water partition coefficient (Wildman–Crippen LogP) is 4.48. The monoisotopic (exact) mass is 464 g/mol. The van der Waals surface area contributed by atoms with Crippen molar-refractivity contribution >= 4 is 18.0 Å². The van der Waals surface area contributed by atoms with Crippen LogP contribution in [0.25, 0.3) is 11.1 Å². The van der Waals surface area contributed by atoms with Crippen molar-refractivity contribution in [3.8, 4) is 11.1 Å². The summed E-state index contributed by atoms with van der Waals surface area (Å²) in [5, 5.41) is 14.6. The molecular weight excluding hydrogens is 432 g/mol. The minimum absolute atomic E-state index is 0.0932. The summed E-state index contributed by atoms with van der Waals surface area (Å²) >= 11 is 0. The standard InChI is InChI=1S/C27H32N2O5/c1-4-6-15-23(26(31)32)28-25(30)24(17(3)5-2)29-27(33)34-16-22-20-13-9-7-11-18(20)19-12-8-10-14-21(19)22/h4,7-14,17,22-24H,1,5-6,15-16H2,2-3H3,(H,28,30)(H,29,33)(H,31,32)/t17?,23?,24-/m0/s1. The maximum atomic E-state index is 12.9. The van der Waals surface area contributed by atoms with Crippen molar-refractivity contribution in [1.82, 2.24) is 10.6 Å². The van der Waals surface area contributed by atoms with Gasteiger partial charge >= 0.3 is 12.1 Å². The lowest BCUT2D eigenvalue weighted by molar-refractivity contribution is -0.142. The summed E-state index contributed by atoms with van der Waals surface area (Å²) in [6.07, 6.45) is 2.18. The molecule has 3 rings (SSSR count). The molecule has 0 saturated carbocycles. The van der Waals surface area contributed by atoms with Gasteiger partial charge in [0.25, 0.3) is 0 Å². The molecule has 2 unspecified atom stereocenters. The number of allylic oxidation sites excluding steroid dienone is 1. The van der Waals surface area contributed by atoms with E-state index in [-0.39, 0.29) is 24.9 Å². The third-order valence-electron chi connectivity index (χ3n) is 6.39. The number of carboxylic acids is 1. The maximum absolute atomic E-state index is 12.9. The molecule has 0 saturated heterocycles. The van der Waals surface area contributed by atoms with Crippen LogP contribution in [0.3, 0.4) is 0 Å². The third kappa shape index (κ3) is 5.65. The second-order valence-corrected chi connectivity index (χ2v) is 8.60. The highest BCUT2D eigenvalue weighted by molar-refractivity contribution is 5.89. The molecule has 1 aliphatic rings. The van der Waals surface area contributed by atoms with Crippen LogP contribution in [0.1, 0.15) is 50.2 Å². The predicted molar refractivity (Wildman–Crippen MR) is 130 cm³/mol. The van der Waals surface area contributed by atoms with Crippen molar-refractivity contribution in [2.45, 2.75) is 51.1 Å². The average molecular weight is 465 g/mol. The Bertz CT molecular complexity index is 1010. The van der Waals surface area contributed by atoms with Crippen molar-refractivity contribution in [3.63, 3.8) is 0 Å². The first kappa shape index (κ1) is 25.0. The highest BCUT2D eigenvalue weighted by atomic mass is 16.5. The normalized spacial score (nSPS) is 14.8. The van der Waals surface area contributed by atoms with Gasteiger partial charge in [-0.15, -0.1) is 6.58 Å². The van der Waals surface area contributed by atoms with Crippen LogP contribution in [0, 0.1) is 5.92 Å². The van der Waals surface area contributed by atoms with Crippen molar-refractivity contribution in [3.05, 3.63) is 72.3 Å². The van der Waals surface area contributed by atoms with Gasteiger partial charge in [-0.2, -0.15) is 0 Å². The fourth-order valence-electron chi connectivity index (χ4n) is 4.27. The van der Waals surface area contributed by atoms with Crippen LogP contribution in [0.2, 0.25) is 0 Å². The molecule has 180 valence electrons. The van der Waals surface area contributed by atoms with Crippen molar-refractivity contribution in [2.24, 2.45) is 5.92 Å². The highest BCUT2D eigenvalue weighted by Gasteiger charge is 2.32. The first-order valence-electron chi connectivity index (χ1n) is 11.6. The van der Waals surface area contributed by atoms with E-state index in [1.165, 1.54) is 0 Å². The van der Waals surface area contributed by atoms with Crippen LogP contribution in [0.5, 0.6) is 0 Å². The van der Waals surface area contributed by atoms with Gasteiger partial charge in [0.2, 0.25) is 5.91 Å². The molecule has 7 heteroatoms. The molecule has 2 amide bonds. The van der Waals surface area contributed by atoms with E-state index in [4.69, 9.17) is 4.74 Å². The fourth-order valence-corrected chi connectivity index (χ4v) is 4.27. The third-order valence-corrected chi connectivity index (χ3v) is 6.39. The molecule has 2 aromatic carbocycles. The molecule has 0 aliphatic heterocycles. The van der Waals surface area contributed by atoms with Crippen molar-refractivity contribution < 1.29 is 24.2 Å². The molecule has 34 heavy (non-hydrogen) atoms. The molecule has 7 nitrogen and oxygen atoms in total. The lowest BCUT2D eigenvalue weighted by Crippen LogP contribution is -2.54. The quantitative estimate of drug-likeness (QED) is 0.426. The van der Waals surface area contributed by atoms with Crippen LogP contribution in [-0.2, 0) is 14.3 Å². The molecule has 0 aromatic heterocycles. The van der Waals surface area contributed by atoms with E-state index >= 15 is 0 Å². The van der Waals surface area contributed by atoms with E-state index < -0.39 is 30.1 Å². The average Bonchev–Trinajstić information content (AvgIpc) is 3.16. The first-order chi connectivity index (χ1) is 16.4. The van der Waals surface area contributed by atoms with E-state index in [2.05, 4.69) is 29.3 Å². The molecule has 3 atom stereocenters. The van der Waals surface area contributed by atoms with E-state index in [9.17, 15) is 19.5 Å². The van der Waals surface area contributed by atoms with Gasteiger partial charge in [0, 0.05) is 5.92 Å². The number of carbonyl (C=O) groups is 3. The zero-order chi connectivity index (χ0) is 24.7. The topological polar surface area (TPSA) is 105 Å². The number of amides is 2. The largest absolute Gasteiger partial charge is 0.480 e. The molecule has 0 fully saturated rings. The Hall–Kier alpha value is -3.61. The van der Waals surface area contributed by atoms with Gasteiger partial charge < -0.3 is 20.5 Å². The number of hydrogen-bond donors (Lipinski definition) is 3. The Morgan fingerprint density at radius 3 is 2.18 bits per heavy atom. The van der Waals surface area contributed by atoms with Gasteiger partial charge in [0.1, 0.15) is 18.7 Å². The summed E-state index contributed by atoms with van der Waals surface area (Å²) in [7, 11) is 0. The van der Waals surface area contributed by atoms with Gasteiger partial charge in [-0.3, -0.25) is 4.79 Å². The summed E-state index contributed by atoms with van der Waals surface area (Å²) < 4.78 is 5.57. The zero-order valence-electron chi connectivity index (χ0n) is 19.6. The van der Waals surface area contributed by atoms with E-state index in [1.54, 1.807) is 6.08 Å². The summed E-state index contributed by atoms with van der Waals surface area (Å²) in [6.45, 7) is 7.45. The van der Waals surface area contributed by atoms with Crippen LogP contribution in [-0.4, -0.2) is 41.8 Å². The number of carboxylic acid groups (broad SMARTS) is 1. The summed E-state index contributed by atoms with van der Waals surface area (Å²) in [4.78, 5) is 37.1. The second kappa shape index (κ2) is 11.5. The van der Waals surface area contributed by atoms with Crippen LogP contribution >= 0.6 is 0 Å². The molecule has 0 heterocycles. The Morgan fingerprint density at radius 1 is 1.06 bits per heavy atom. The van der Waals surface area contributed by atoms with Gasteiger partial charge in [-0.1, -0.05) is 74.9 Å². The smallest absolute Gasteiger partial charge is 0.407 e. The number of carbonyl (C=O) groups excluding carboxylic acids is 2. The summed E-state index contributed by atoms with van der Waals surface area (Å²) in [5.74, 6) is -1.97.